The van der Waals surface area contributed by atoms with E-state index in [2.05, 4.69) is 24.0 Å². The maximum absolute atomic E-state index is 5.51. The first kappa shape index (κ1) is 16.9. The monoisotopic (exact) mass is 361 g/mol. The summed E-state index contributed by atoms with van der Waals surface area (Å²) < 4.78 is 9.04. The summed E-state index contributed by atoms with van der Waals surface area (Å²) in [6.45, 7) is 4.12. The maximum Gasteiger partial charge on any atom is 0.182 e. The van der Waals surface area contributed by atoms with E-state index in [9.17, 15) is 0 Å². The Hall–Kier alpha value is -3.55. The Kier molecular flexibility index (Phi) is 4.37. The van der Waals surface area contributed by atoms with Crippen LogP contribution in [0.15, 0.2) is 55.1 Å². The van der Waals surface area contributed by atoms with Crippen molar-refractivity contribution in [3.63, 3.8) is 0 Å². The minimum Gasteiger partial charge on any atom is -0.494 e. The molecule has 8 heteroatoms. The van der Waals surface area contributed by atoms with E-state index in [1.807, 2.05) is 42.5 Å². The van der Waals surface area contributed by atoms with Gasteiger partial charge in [0.1, 0.15) is 35.6 Å². The molecule has 0 N–H and O–H groups in total. The first-order valence-electron chi connectivity index (χ1n) is 8.60. The number of pyridine rings is 1. The number of rotatable bonds is 5. The van der Waals surface area contributed by atoms with Gasteiger partial charge >= 0.3 is 0 Å². The van der Waals surface area contributed by atoms with Gasteiger partial charge in [0.2, 0.25) is 0 Å². The molecule has 0 atom stereocenters. The zero-order valence-corrected chi connectivity index (χ0v) is 15.3. The molecule has 3 aromatic heterocycles. The summed E-state index contributed by atoms with van der Waals surface area (Å²) in [7, 11) is 1.64. The van der Waals surface area contributed by atoms with Gasteiger partial charge in [0, 0.05) is 5.92 Å². The van der Waals surface area contributed by atoms with Crippen LogP contribution in [0.3, 0.4) is 0 Å². The molecule has 0 aliphatic rings. The summed E-state index contributed by atoms with van der Waals surface area (Å²) in [5.41, 5.74) is 1.51. The van der Waals surface area contributed by atoms with Gasteiger partial charge in [0.15, 0.2) is 11.6 Å². The molecule has 4 aromatic rings. The highest BCUT2D eigenvalue weighted by atomic mass is 16.5. The van der Waals surface area contributed by atoms with Crippen molar-refractivity contribution in [1.29, 1.82) is 0 Å². The van der Waals surface area contributed by atoms with Crippen molar-refractivity contribution >= 4 is 0 Å². The molecule has 0 bridgehead atoms. The molecule has 0 saturated carbocycles. The van der Waals surface area contributed by atoms with Crippen LogP contribution in [0, 0.1) is 0 Å². The van der Waals surface area contributed by atoms with Crippen LogP contribution in [-0.4, -0.2) is 41.6 Å². The molecule has 136 valence electrons. The molecule has 8 nitrogen and oxygen atoms in total. The van der Waals surface area contributed by atoms with E-state index < -0.39 is 0 Å². The third kappa shape index (κ3) is 3.17. The van der Waals surface area contributed by atoms with E-state index in [1.165, 1.54) is 0 Å². The van der Waals surface area contributed by atoms with Crippen LogP contribution >= 0.6 is 0 Å². The second-order valence-electron chi connectivity index (χ2n) is 6.28. The second-order valence-corrected chi connectivity index (χ2v) is 6.28. The molecule has 27 heavy (non-hydrogen) atoms. The lowest BCUT2D eigenvalue weighted by Gasteiger charge is -2.10. The summed E-state index contributed by atoms with van der Waals surface area (Å²) in [6, 6.07) is 13.4. The number of nitrogens with zero attached hydrogens (tertiary/aromatic N) is 7. The predicted molar refractivity (Wildman–Crippen MR) is 100 cm³/mol. The first-order chi connectivity index (χ1) is 13.2. The van der Waals surface area contributed by atoms with Gasteiger partial charge in [-0.25, -0.2) is 14.6 Å². The number of ether oxygens (including phenoxy) is 1. The van der Waals surface area contributed by atoms with Gasteiger partial charge in [-0.1, -0.05) is 32.0 Å². The molecule has 4 rings (SSSR count). The first-order valence-corrected chi connectivity index (χ1v) is 8.60. The minimum atomic E-state index is 0.181. The number of hydrogen-bond donors (Lipinski definition) is 0. The van der Waals surface area contributed by atoms with Crippen molar-refractivity contribution in [3.8, 4) is 28.8 Å². The molecular formula is C19H19N7O. The second kappa shape index (κ2) is 6.99. The van der Waals surface area contributed by atoms with E-state index in [0.717, 1.165) is 11.5 Å². The van der Waals surface area contributed by atoms with E-state index in [-0.39, 0.29) is 5.92 Å². The lowest BCUT2D eigenvalue weighted by Crippen LogP contribution is -2.04. The van der Waals surface area contributed by atoms with Crippen LogP contribution in [0.2, 0.25) is 0 Å². The fourth-order valence-electron chi connectivity index (χ4n) is 2.72. The minimum absolute atomic E-state index is 0.181. The van der Waals surface area contributed by atoms with Gasteiger partial charge in [-0.2, -0.15) is 5.10 Å². The molecule has 0 amide bonds. The van der Waals surface area contributed by atoms with Crippen LogP contribution < -0.4 is 4.74 Å². The lowest BCUT2D eigenvalue weighted by molar-refractivity contribution is 0.411. The lowest BCUT2D eigenvalue weighted by atomic mass is 10.2. The van der Waals surface area contributed by atoms with Crippen LogP contribution in [0.1, 0.15) is 25.6 Å². The average Bonchev–Trinajstić information content (AvgIpc) is 3.38. The summed E-state index contributed by atoms with van der Waals surface area (Å²) in [5, 5.41) is 12.4. The van der Waals surface area contributed by atoms with Crippen molar-refractivity contribution in [1.82, 2.24) is 34.5 Å². The molecule has 0 spiro atoms. The normalized spacial score (nSPS) is 11.1. The summed E-state index contributed by atoms with van der Waals surface area (Å²) >= 11 is 0. The number of benzene rings is 1. The van der Waals surface area contributed by atoms with E-state index in [1.54, 1.807) is 29.0 Å². The van der Waals surface area contributed by atoms with Gasteiger partial charge in [-0.3, -0.25) is 4.57 Å². The molecule has 0 unspecified atom stereocenters. The molecule has 0 aliphatic heterocycles. The maximum atomic E-state index is 5.51. The smallest absolute Gasteiger partial charge is 0.182 e. The van der Waals surface area contributed by atoms with Crippen LogP contribution in [-0.2, 0) is 0 Å². The topological polar surface area (TPSA) is 83.5 Å². The van der Waals surface area contributed by atoms with Gasteiger partial charge in [-0.05, 0) is 24.3 Å². The zero-order valence-electron chi connectivity index (χ0n) is 15.3. The fourth-order valence-corrected chi connectivity index (χ4v) is 2.72. The fraction of sp³-hybridized carbons (Fsp3) is 0.211. The molecule has 1 aromatic carbocycles. The van der Waals surface area contributed by atoms with Crippen molar-refractivity contribution in [2.45, 2.75) is 19.8 Å². The summed E-state index contributed by atoms with van der Waals surface area (Å²) in [6.07, 6.45) is 3.22. The third-order valence-electron chi connectivity index (χ3n) is 4.10. The Bertz CT molecular complexity index is 1050. The largest absolute Gasteiger partial charge is 0.494 e. The predicted octanol–water partition coefficient (Wildman–Crippen LogP) is 3.04. The van der Waals surface area contributed by atoms with Crippen molar-refractivity contribution in [2.75, 3.05) is 7.11 Å². The Labute approximate surface area is 156 Å². The third-order valence-corrected chi connectivity index (χ3v) is 4.10. The van der Waals surface area contributed by atoms with E-state index in [0.29, 0.717) is 23.1 Å². The number of hydrogen-bond acceptors (Lipinski definition) is 6. The number of methoxy groups -OCH3 is 1. The van der Waals surface area contributed by atoms with Crippen LogP contribution in [0.25, 0.3) is 23.0 Å². The molecule has 0 saturated heterocycles. The van der Waals surface area contributed by atoms with Crippen molar-refractivity contribution < 1.29 is 4.74 Å². The van der Waals surface area contributed by atoms with Gasteiger partial charge in [0.25, 0.3) is 0 Å². The Morgan fingerprint density at radius 3 is 2.44 bits per heavy atom. The Morgan fingerprint density at radius 1 is 0.926 bits per heavy atom. The zero-order chi connectivity index (χ0) is 18.8. The van der Waals surface area contributed by atoms with Gasteiger partial charge < -0.3 is 4.74 Å². The van der Waals surface area contributed by atoms with Crippen molar-refractivity contribution in [3.05, 3.63) is 60.9 Å². The van der Waals surface area contributed by atoms with Gasteiger partial charge in [-0.15, -0.1) is 10.2 Å². The number of aromatic nitrogens is 7. The highest BCUT2D eigenvalue weighted by molar-refractivity contribution is 5.58. The quantitative estimate of drug-likeness (QED) is 0.543. The molecule has 0 aliphatic carbocycles. The van der Waals surface area contributed by atoms with E-state index >= 15 is 0 Å². The molecule has 3 heterocycles. The van der Waals surface area contributed by atoms with Gasteiger partial charge in [0.05, 0.1) is 7.11 Å². The highest BCUT2D eigenvalue weighted by Crippen LogP contribution is 2.28. The summed E-state index contributed by atoms with van der Waals surface area (Å²) in [5.74, 6) is 3.00. The molecule has 0 fully saturated rings. The molecule has 0 radical (unpaired) electrons. The van der Waals surface area contributed by atoms with Crippen LogP contribution in [0.4, 0.5) is 0 Å². The highest BCUT2D eigenvalue weighted by Gasteiger charge is 2.19. The molecular weight excluding hydrogens is 342 g/mol. The SMILES string of the molecule is COc1ccccc1-n1nc(C(C)C)nc1-c1cccc(-n2cnnc2)n1. The van der Waals surface area contributed by atoms with Crippen molar-refractivity contribution in [2.24, 2.45) is 0 Å². The number of para-hydroxylation sites is 2. The van der Waals surface area contributed by atoms with Crippen LogP contribution in [0.5, 0.6) is 5.75 Å². The van der Waals surface area contributed by atoms with E-state index in [4.69, 9.17) is 19.8 Å². The summed E-state index contributed by atoms with van der Waals surface area (Å²) in [4.78, 5) is 9.47. The average molecular weight is 361 g/mol. The Balaban J connectivity index is 1.89. The standard InChI is InChI=1S/C19H19N7O/c1-13(2)18-23-19(26(24-18)15-8-4-5-9-16(15)27-3)14-7-6-10-17(22-14)25-11-20-21-12-25/h4-13H,1-3H3. The Morgan fingerprint density at radius 2 is 1.70 bits per heavy atom.